The second-order valence-electron chi connectivity index (χ2n) is 9.20. The summed E-state index contributed by atoms with van der Waals surface area (Å²) in [4.78, 5) is 18.4. The van der Waals surface area contributed by atoms with Crippen LogP contribution in [0.5, 0.6) is 5.75 Å². The van der Waals surface area contributed by atoms with E-state index in [4.69, 9.17) is 10.7 Å². The van der Waals surface area contributed by atoms with Crippen LogP contribution in [0, 0.1) is 0 Å². The highest BCUT2D eigenvalue weighted by Crippen LogP contribution is 2.30. The number of amides is 1. The van der Waals surface area contributed by atoms with E-state index in [1.54, 1.807) is 18.2 Å². The molecule has 7 nitrogen and oxygen atoms in total. The third kappa shape index (κ3) is 4.89. The maximum absolute atomic E-state index is 11.3. The number of β-amino-alcohol motifs (C(OH)–C–C–N with tert-alkyl or cyclic N) is 1. The Balaban J connectivity index is 1.46. The van der Waals surface area contributed by atoms with E-state index in [9.17, 15) is 15.0 Å². The fourth-order valence-corrected chi connectivity index (χ4v) is 4.50. The summed E-state index contributed by atoms with van der Waals surface area (Å²) in [5.41, 5.74) is 7.74. The summed E-state index contributed by atoms with van der Waals surface area (Å²) in [7, 11) is 0. The van der Waals surface area contributed by atoms with Gasteiger partial charge in [0.25, 0.3) is 5.91 Å². The number of aromatic nitrogens is 2. The summed E-state index contributed by atoms with van der Waals surface area (Å²) in [6, 6.07) is 9.20. The van der Waals surface area contributed by atoms with Crippen molar-refractivity contribution in [1.29, 1.82) is 0 Å². The van der Waals surface area contributed by atoms with Crippen LogP contribution in [0.25, 0.3) is 11.0 Å². The second kappa shape index (κ2) is 8.32. The fourth-order valence-electron chi connectivity index (χ4n) is 4.50. The molecule has 3 heterocycles. The number of hydrogen-bond acceptors (Lipinski definition) is 5. The number of phenols is 1. The molecule has 1 aliphatic rings. The Morgan fingerprint density at radius 1 is 1.23 bits per heavy atom. The lowest BCUT2D eigenvalue weighted by Gasteiger charge is -2.35. The molecule has 0 atom stereocenters. The number of benzene rings is 1. The number of nitrogens with two attached hydrogens (primary N) is 1. The highest BCUT2D eigenvalue weighted by molar-refractivity contribution is 5.95. The second-order valence-corrected chi connectivity index (χ2v) is 9.20. The van der Waals surface area contributed by atoms with E-state index in [-0.39, 0.29) is 11.3 Å². The fraction of sp³-hybridized carbons (Fsp3) is 0.417. The lowest BCUT2D eigenvalue weighted by molar-refractivity contribution is 0.0281. The van der Waals surface area contributed by atoms with Crippen LogP contribution in [0.2, 0.25) is 0 Å². The van der Waals surface area contributed by atoms with Gasteiger partial charge in [-0.05, 0) is 81.1 Å². The van der Waals surface area contributed by atoms with Crippen molar-refractivity contribution in [3.8, 4) is 5.75 Å². The highest BCUT2D eigenvalue weighted by Gasteiger charge is 2.25. The van der Waals surface area contributed by atoms with Crippen molar-refractivity contribution in [2.75, 3.05) is 19.6 Å². The number of rotatable bonds is 6. The summed E-state index contributed by atoms with van der Waals surface area (Å²) < 4.78 is 2.03. The Bertz CT molecular complexity index is 1090. The molecule has 164 valence electrons. The van der Waals surface area contributed by atoms with Crippen LogP contribution in [0.3, 0.4) is 0 Å². The molecule has 1 saturated heterocycles. The minimum Gasteiger partial charge on any atom is -0.507 e. The molecule has 0 unspecified atom stereocenters. The van der Waals surface area contributed by atoms with Crippen LogP contribution < -0.4 is 5.73 Å². The largest absolute Gasteiger partial charge is 0.507 e. The van der Waals surface area contributed by atoms with Crippen molar-refractivity contribution in [2.45, 2.75) is 44.8 Å². The van der Waals surface area contributed by atoms with E-state index in [0.717, 1.165) is 42.5 Å². The SMILES string of the molecule is CC(C)(O)CN1CCC(c2cnc3c(ccn3Cc3ccc(C(N)=O)c(O)c3)c2)CC1. The van der Waals surface area contributed by atoms with Gasteiger partial charge < -0.3 is 25.4 Å². The van der Waals surface area contributed by atoms with Gasteiger partial charge in [-0.2, -0.15) is 0 Å². The Hall–Kier alpha value is -2.90. The minimum atomic E-state index is -0.660. The van der Waals surface area contributed by atoms with Gasteiger partial charge in [0, 0.05) is 30.9 Å². The van der Waals surface area contributed by atoms with Crippen molar-refractivity contribution in [2.24, 2.45) is 5.73 Å². The van der Waals surface area contributed by atoms with Gasteiger partial charge in [-0.25, -0.2) is 4.98 Å². The average Bonchev–Trinajstić information content (AvgIpc) is 3.09. The lowest BCUT2D eigenvalue weighted by atomic mass is 9.89. The van der Waals surface area contributed by atoms with E-state index in [2.05, 4.69) is 17.0 Å². The summed E-state index contributed by atoms with van der Waals surface area (Å²) in [6.07, 6.45) is 6.10. The number of primary amides is 1. The third-order valence-corrected chi connectivity index (χ3v) is 5.97. The molecule has 7 heteroatoms. The summed E-state index contributed by atoms with van der Waals surface area (Å²) in [5, 5.41) is 21.2. The maximum Gasteiger partial charge on any atom is 0.252 e. The zero-order chi connectivity index (χ0) is 22.2. The molecule has 1 aromatic carbocycles. The van der Waals surface area contributed by atoms with Crippen molar-refractivity contribution in [1.82, 2.24) is 14.5 Å². The molecule has 1 aliphatic heterocycles. The molecule has 0 bridgehead atoms. The number of piperidine rings is 1. The third-order valence-electron chi connectivity index (χ3n) is 5.97. The smallest absolute Gasteiger partial charge is 0.252 e. The maximum atomic E-state index is 11.3. The summed E-state index contributed by atoms with van der Waals surface area (Å²) >= 11 is 0. The van der Waals surface area contributed by atoms with Gasteiger partial charge >= 0.3 is 0 Å². The predicted octanol–water partition coefficient (Wildman–Crippen LogP) is 2.84. The number of nitrogens with zero attached hydrogens (tertiary/aromatic N) is 3. The molecule has 31 heavy (non-hydrogen) atoms. The number of aromatic hydroxyl groups is 1. The summed E-state index contributed by atoms with van der Waals surface area (Å²) in [6.45, 7) is 6.93. The first-order valence-corrected chi connectivity index (χ1v) is 10.7. The Morgan fingerprint density at radius 2 is 1.97 bits per heavy atom. The molecule has 1 amide bonds. The number of carbonyl (C=O) groups excluding carboxylic acids is 1. The van der Waals surface area contributed by atoms with Crippen LogP contribution in [-0.4, -0.2) is 55.8 Å². The number of aliphatic hydroxyl groups is 1. The van der Waals surface area contributed by atoms with E-state index in [0.29, 0.717) is 19.0 Å². The molecule has 4 N–H and O–H groups in total. The first kappa shape index (κ1) is 21.3. The molecule has 4 rings (SSSR count). The monoisotopic (exact) mass is 422 g/mol. The van der Waals surface area contributed by atoms with Gasteiger partial charge in [0.1, 0.15) is 11.4 Å². The molecular weight excluding hydrogens is 392 g/mol. The van der Waals surface area contributed by atoms with E-state index < -0.39 is 11.5 Å². The van der Waals surface area contributed by atoms with Crippen LogP contribution in [0.4, 0.5) is 0 Å². The lowest BCUT2D eigenvalue weighted by Crippen LogP contribution is -2.42. The molecule has 3 aromatic rings. The first-order valence-electron chi connectivity index (χ1n) is 10.7. The molecule has 0 radical (unpaired) electrons. The van der Waals surface area contributed by atoms with E-state index in [1.165, 1.54) is 5.56 Å². The molecule has 0 aliphatic carbocycles. The van der Waals surface area contributed by atoms with Gasteiger partial charge in [0.2, 0.25) is 0 Å². The molecule has 2 aromatic heterocycles. The van der Waals surface area contributed by atoms with Gasteiger partial charge in [-0.3, -0.25) is 4.79 Å². The number of pyridine rings is 1. The van der Waals surface area contributed by atoms with Gasteiger partial charge in [-0.1, -0.05) is 6.07 Å². The Kier molecular flexibility index (Phi) is 5.73. The normalized spacial score (nSPS) is 16.1. The topological polar surface area (TPSA) is 105 Å². The van der Waals surface area contributed by atoms with Gasteiger partial charge in [0.05, 0.1) is 11.2 Å². The van der Waals surface area contributed by atoms with Crippen molar-refractivity contribution < 1.29 is 15.0 Å². The van der Waals surface area contributed by atoms with Crippen LogP contribution in [0.15, 0.2) is 42.7 Å². The van der Waals surface area contributed by atoms with Gasteiger partial charge in [0.15, 0.2) is 0 Å². The number of likely N-dealkylation sites (tertiary alicyclic amines) is 1. The zero-order valence-electron chi connectivity index (χ0n) is 18.1. The number of carbonyl (C=O) groups is 1. The van der Waals surface area contributed by atoms with Crippen molar-refractivity contribution in [3.05, 3.63) is 59.4 Å². The van der Waals surface area contributed by atoms with Gasteiger partial charge in [-0.15, -0.1) is 0 Å². The van der Waals surface area contributed by atoms with Crippen molar-refractivity contribution >= 4 is 16.9 Å². The molecule has 0 spiro atoms. The predicted molar refractivity (Wildman–Crippen MR) is 120 cm³/mol. The van der Waals surface area contributed by atoms with E-state index >= 15 is 0 Å². The van der Waals surface area contributed by atoms with Crippen LogP contribution >= 0.6 is 0 Å². The Labute approximate surface area is 182 Å². The number of fused-ring (bicyclic) bond motifs is 1. The zero-order valence-corrected chi connectivity index (χ0v) is 18.1. The quantitative estimate of drug-likeness (QED) is 0.567. The minimum absolute atomic E-state index is 0.104. The van der Waals surface area contributed by atoms with E-state index in [1.807, 2.05) is 30.8 Å². The average molecular weight is 423 g/mol. The first-order chi connectivity index (χ1) is 14.7. The molecule has 1 fully saturated rings. The van der Waals surface area contributed by atoms with Crippen LogP contribution in [0.1, 0.15) is 54.1 Å². The molecular formula is C24H30N4O3. The standard InChI is InChI=1S/C24H30N4O3/c1-24(2,31)15-27-8-5-17(6-9-27)19-12-18-7-10-28(23(18)26-13-19)14-16-3-4-20(22(25)30)21(29)11-16/h3-4,7,10-13,17,29,31H,5-6,8-9,14-15H2,1-2H3,(H2,25,30). The number of hydrogen-bond donors (Lipinski definition) is 3. The van der Waals surface area contributed by atoms with Crippen LogP contribution in [-0.2, 0) is 6.54 Å². The Morgan fingerprint density at radius 3 is 2.61 bits per heavy atom. The molecule has 0 saturated carbocycles. The highest BCUT2D eigenvalue weighted by atomic mass is 16.3. The summed E-state index contributed by atoms with van der Waals surface area (Å²) in [5.74, 6) is -0.264. The van der Waals surface area contributed by atoms with Crippen molar-refractivity contribution in [3.63, 3.8) is 0 Å².